The maximum Gasteiger partial charge on any atom is 0.328 e. The van der Waals surface area contributed by atoms with Gasteiger partial charge in [-0.1, -0.05) is 17.8 Å². The van der Waals surface area contributed by atoms with Crippen LogP contribution in [0.25, 0.3) is 11.0 Å². The minimum absolute atomic E-state index is 0.0852. The molecule has 3 rings (SSSR count). The normalized spacial score (nSPS) is 11.4. The van der Waals surface area contributed by atoms with E-state index in [0.29, 0.717) is 5.16 Å². The molecular weight excluding hydrogens is 364 g/mol. The fourth-order valence-electron chi connectivity index (χ4n) is 2.70. The molecule has 0 saturated heterocycles. The van der Waals surface area contributed by atoms with Crippen molar-refractivity contribution in [3.05, 3.63) is 51.7 Å². The van der Waals surface area contributed by atoms with Gasteiger partial charge in [-0.3, -0.25) is 13.9 Å². The van der Waals surface area contributed by atoms with Gasteiger partial charge in [-0.15, -0.1) is 0 Å². The van der Waals surface area contributed by atoms with Crippen LogP contribution in [0.3, 0.4) is 0 Å². The number of imidazole rings is 1. The van der Waals surface area contributed by atoms with Gasteiger partial charge in [0.1, 0.15) is 0 Å². The Morgan fingerprint density at radius 2 is 1.81 bits per heavy atom. The molecule has 0 bridgehead atoms. The highest BCUT2D eigenvalue weighted by atomic mass is 32.2. The van der Waals surface area contributed by atoms with Gasteiger partial charge in [-0.25, -0.2) is 20.2 Å². The van der Waals surface area contributed by atoms with Crippen molar-refractivity contribution < 1.29 is 4.79 Å². The van der Waals surface area contributed by atoms with Gasteiger partial charge in [-0.2, -0.15) is 5.10 Å². The Labute approximate surface area is 160 Å². The number of carbonyl (C=O) groups is 1. The summed E-state index contributed by atoms with van der Waals surface area (Å²) in [6.45, 7) is 3.78. The van der Waals surface area contributed by atoms with Crippen LogP contribution in [-0.4, -0.2) is 37.0 Å². The van der Waals surface area contributed by atoms with Crippen LogP contribution in [0.5, 0.6) is 0 Å². The summed E-state index contributed by atoms with van der Waals surface area (Å²) >= 11 is 1.26. The van der Waals surface area contributed by atoms with Crippen molar-refractivity contribution >= 4 is 34.9 Å². The lowest BCUT2D eigenvalue weighted by Crippen LogP contribution is -2.19. The second kappa shape index (κ2) is 7.75. The predicted molar refractivity (Wildman–Crippen MR) is 106 cm³/mol. The Morgan fingerprint density at radius 1 is 1.15 bits per heavy atom. The molecule has 1 amide bonds. The van der Waals surface area contributed by atoms with Gasteiger partial charge in [0.05, 0.1) is 23.0 Å². The summed E-state index contributed by atoms with van der Waals surface area (Å²) in [7, 11) is 3.45. The second-order valence-corrected chi connectivity index (χ2v) is 7.11. The molecule has 3 aromatic rings. The number of hydrazone groups is 1. The largest absolute Gasteiger partial charge is 0.328 e. The molecule has 9 heteroatoms. The van der Waals surface area contributed by atoms with Crippen molar-refractivity contribution in [2.45, 2.75) is 19.0 Å². The van der Waals surface area contributed by atoms with Gasteiger partial charge in [0, 0.05) is 25.5 Å². The van der Waals surface area contributed by atoms with Gasteiger partial charge < -0.3 is 0 Å². The number of thioether (sulfide) groups is 1. The number of rotatable bonds is 5. The summed E-state index contributed by atoms with van der Waals surface area (Å²) in [6.07, 6.45) is 1.55. The van der Waals surface area contributed by atoms with Gasteiger partial charge in [0.15, 0.2) is 5.16 Å². The van der Waals surface area contributed by atoms with Crippen molar-refractivity contribution in [2.24, 2.45) is 19.2 Å². The topological polar surface area (TPSA) is 94.2 Å². The van der Waals surface area contributed by atoms with Crippen LogP contribution in [0.15, 0.2) is 39.3 Å². The minimum atomic E-state index is -0.243. The molecule has 2 aromatic heterocycles. The highest BCUT2D eigenvalue weighted by Gasteiger charge is 2.08. The molecule has 0 spiro atoms. The van der Waals surface area contributed by atoms with Crippen LogP contribution in [-0.2, 0) is 18.9 Å². The van der Waals surface area contributed by atoms with Gasteiger partial charge >= 0.3 is 5.69 Å². The minimum Gasteiger partial charge on any atom is -0.295 e. The van der Waals surface area contributed by atoms with Crippen LogP contribution >= 0.6 is 11.8 Å². The molecule has 140 valence electrons. The first kappa shape index (κ1) is 18.8. The van der Waals surface area contributed by atoms with Crippen molar-refractivity contribution in [2.75, 3.05) is 5.75 Å². The van der Waals surface area contributed by atoms with E-state index in [1.807, 2.05) is 38.1 Å². The SMILES string of the molecule is Cc1cc(C)nc(SCC(=O)N/N=C\c2ccc3c(c2)n(C)c(=O)n3C)n1. The molecule has 0 aliphatic heterocycles. The highest BCUT2D eigenvalue weighted by molar-refractivity contribution is 7.99. The number of carbonyl (C=O) groups excluding carboxylic acids is 1. The predicted octanol–water partition coefficient (Wildman–Crippen LogP) is 1.53. The highest BCUT2D eigenvalue weighted by Crippen LogP contribution is 2.14. The summed E-state index contributed by atoms with van der Waals surface area (Å²) in [5.74, 6) is -0.0703. The maximum atomic E-state index is 12.0. The number of hydrogen-bond acceptors (Lipinski definition) is 6. The monoisotopic (exact) mass is 384 g/mol. The first-order chi connectivity index (χ1) is 12.8. The average Bonchev–Trinajstić information content (AvgIpc) is 2.83. The average molecular weight is 384 g/mol. The zero-order valence-electron chi connectivity index (χ0n) is 15.6. The Morgan fingerprint density at radius 3 is 2.52 bits per heavy atom. The van der Waals surface area contributed by atoms with Crippen LogP contribution in [0.1, 0.15) is 17.0 Å². The number of aryl methyl sites for hydroxylation is 4. The number of fused-ring (bicyclic) bond motifs is 1. The van der Waals surface area contributed by atoms with Gasteiger partial charge in [0.2, 0.25) is 0 Å². The fraction of sp³-hybridized carbons (Fsp3) is 0.278. The van der Waals surface area contributed by atoms with Gasteiger partial charge in [0.25, 0.3) is 5.91 Å². The van der Waals surface area contributed by atoms with E-state index in [9.17, 15) is 9.59 Å². The maximum absolute atomic E-state index is 12.0. The third-order valence-corrected chi connectivity index (χ3v) is 4.84. The number of hydrogen-bond donors (Lipinski definition) is 1. The standard InChI is InChI=1S/C18H20N6O2S/c1-11-7-12(2)21-17(20-11)27-10-16(25)22-19-9-13-5-6-14-15(8-13)24(4)18(26)23(14)3/h5-9H,10H2,1-4H3,(H,22,25)/b19-9-. The van der Waals surface area contributed by atoms with E-state index >= 15 is 0 Å². The lowest BCUT2D eigenvalue weighted by molar-refractivity contribution is -0.118. The summed E-state index contributed by atoms with van der Waals surface area (Å²) < 4.78 is 3.16. The molecule has 0 unspecified atom stereocenters. The Kier molecular flexibility index (Phi) is 5.41. The van der Waals surface area contributed by atoms with Crippen LogP contribution in [0.2, 0.25) is 0 Å². The number of aromatic nitrogens is 4. The Hall–Kier alpha value is -2.94. The molecule has 0 fully saturated rings. The number of nitrogens with zero attached hydrogens (tertiary/aromatic N) is 5. The Bertz CT molecular complexity index is 1080. The first-order valence-electron chi connectivity index (χ1n) is 8.27. The summed E-state index contributed by atoms with van der Waals surface area (Å²) in [6, 6.07) is 7.43. The zero-order valence-corrected chi connectivity index (χ0v) is 16.4. The molecule has 0 aliphatic rings. The summed E-state index contributed by atoms with van der Waals surface area (Å²) in [5.41, 5.74) is 6.58. The van der Waals surface area contributed by atoms with Crippen LogP contribution in [0, 0.1) is 13.8 Å². The molecule has 0 radical (unpaired) electrons. The van der Waals surface area contributed by atoms with Crippen LogP contribution < -0.4 is 11.1 Å². The van der Waals surface area contributed by atoms with E-state index in [4.69, 9.17) is 0 Å². The molecule has 0 atom stereocenters. The molecule has 0 aliphatic carbocycles. The zero-order chi connectivity index (χ0) is 19.6. The first-order valence-corrected chi connectivity index (χ1v) is 9.26. The molecule has 27 heavy (non-hydrogen) atoms. The van der Waals surface area contributed by atoms with E-state index in [1.165, 1.54) is 11.8 Å². The Balaban J connectivity index is 1.61. The van der Waals surface area contributed by atoms with E-state index < -0.39 is 0 Å². The number of benzene rings is 1. The van der Waals surface area contributed by atoms with Crippen LogP contribution in [0.4, 0.5) is 0 Å². The third kappa shape index (κ3) is 4.25. The number of amides is 1. The van der Waals surface area contributed by atoms with Crippen molar-refractivity contribution in [1.29, 1.82) is 0 Å². The molecule has 8 nitrogen and oxygen atoms in total. The quantitative estimate of drug-likeness (QED) is 0.312. The summed E-state index contributed by atoms with van der Waals surface area (Å²) in [4.78, 5) is 32.5. The molecule has 0 saturated carbocycles. The molecule has 1 aromatic carbocycles. The van der Waals surface area contributed by atoms with E-state index in [2.05, 4.69) is 20.5 Å². The van der Waals surface area contributed by atoms with Crippen molar-refractivity contribution in [3.63, 3.8) is 0 Å². The number of nitrogens with one attached hydrogen (secondary N) is 1. The molecule has 1 N–H and O–H groups in total. The third-order valence-electron chi connectivity index (χ3n) is 3.99. The van der Waals surface area contributed by atoms with Crippen molar-refractivity contribution in [1.82, 2.24) is 24.5 Å². The van der Waals surface area contributed by atoms with Crippen molar-refractivity contribution in [3.8, 4) is 0 Å². The molecular formula is C18H20N6O2S. The second-order valence-electron chi connectivity index (χ2n) is 6.16. The smallest absolute Gasteiger partial charge is 0.295 e. The fourth-order valence-corrected chi connectivity index (χ4v) is 3.45. The van der Waals surface area contributed by atoms with E-state index in [-0.39, 0.29) is 17.3 Å². The lowest BCUT2D eigenvalue weighted by Gasteiger charge is -2.02. The van der Waals surface area contributed by atoms with E-state index in [1.54, 1.807) is 29.4 Å². The lowest BCUT2D eigenvalue weighted by atomic mass is 10.2. The summed E-state index contributed by atoms with van der Waals surface area (Å²) in [5, 5.41) is 4.55. The van der Waals surface area contributed by atoms with Gasteiger partial charge in [-0.05, 0) is 37.6 Å². The molecule has 2 heterocycles. The van der Waals surface area contributed by atoms with E-state index in [0.717, 1.165) is 28.0 Å².